The van der Waals surface area contributed by atoms with E-state index in [1.165, 1.54) is 26.4 Å². The van der Waals surface area contributed by atoms with E-state index in [9.17, 15) is 19.2 Å². The molecule has 10 nitrogen and oxygen atoms in total. The van der Waals surface area contributed by atoms with Gasteiger partial charge in [0.15, 0.2) is 6.61 Å². The molecule has 0 saturated carbocycles. The molecule has 2 N–H and O–H groups in total. The van der Waals surface area contributed by atoms with Crippen LogP contribution in [0.15, 0.2) is 36.5 Å². The first kappa shape index (κ1) is 24.4. The number of benzene rings is 1. The van der Waals surface area contributed by atoms with Gasteiger partial charge in [-0.05, 0) is 30.2 Å². The molecule has 0 aliphatic rings. The Morgan fingerprint density at radius 1 is 1.00 bits per heavy atom. The lowest BCUT2D eigenvalue weighted by Crippen LogP contribution is -2.46. The summed E-state index contributed by atoms with van der Waals surface area (Å²) in [6.45, 7) is 2.77. The number of esters is 1. The highest BCUT2D eigenvalue weighted by molar-refractivity contribution is 6.04. The van der Waals surface area contributed by atoms with E-state index in [0.717, 1.165) is 0 Å². The number of carbonyl (C=O) groups is 4. The number of methoxy groups -OCH3 is 2. The lowest BCUT2D eigenvalue weighted by atomic mass is 10.0. The molecule has 0 unspecified atom stereocenters. The number of amides is 3. The predicted molar refractivity (Wildman–Crippen MR) is 114 cm³/mol. The zero-order valence-electron chi connectivity index (χ0n) is 18.6. The Morgan fingerprint density at radius 2 is 1.62 bits per heavy atom. The van der Waals surface area contributed by atoms with Crippen molar-refractivity contribution < 1.29 is 33.4 Å². The van der Waals surface area contributed by atoms with Crippen molar-refractivity contribution in [1.82, 2.24) is 15.2 Å². The fourth-order valence-electron chi connectivity index (χ4n) is 2.81. The zero-order valence-corrected chi connectivity index (χ0v) is 18.6. The highest BCUT2D eigenvalue weighted by Crippen LogP contribution is 2.22. The van der Waals surface area contributed by atoms with Gasteiger partial charge in [-0.1, -0.05) is 13.8 Å². The molecular formula is C22H27N3O7. The van der Waals surface area contributed by atoms with Crippen LogP contribution in [-0.4, -0.2) is 55.1 Å². The summed E-state index contributed by atoms with van der Waals surface area (Å²) < 4.78 is 16.9. The Bertz CT molecular complexity index is 975. The van der Waals surface area contributed by atoms with E-state index in [1.54, 1.807) is 49.9 Å². The summed E-state index contributed by atoms with van der Waals surface area (Å²) >= 11 is 0. The van der Waals surface area contributed by atoms with Gasteiger partial charge in [0.25, 0.3) is 17.7 Å². The molecule has 0 saturated heterocycles. The maximum Gasteiger partial charge on any atom is 0.329 e. The van der Waals surface area contributed by atoms with Crippen molar-refractivity contribution in [3.05, 3.63) is 47.8 Å². The molecule has 0 aliphatic heterocycles. The maximum atomic E-state index is 12.7. The Balaban J connectivity index is 1.99. The lowest BCUT2D eigenvalue weighted by Gasteiger charge is -2.21. The highest BCUT2D eigenvalue weighted by atomic mass is 16.5. The Morgan fingerprint density at radius 3 is 2.12 bits per heavy atom. The molecule has 32 heavy (non-hydrogen) atoms. The second kappa shape index (κ2) is 11.0. The number of nitrogens with zero attached hydrogens (tertiary/aromatic N) is 1. The largest absolute Gasteiger partial charge is 0.497 e. The second-order valence-corrected chi connectivity index (χ2v) is 7.29. The van der Waals surface area contributed by atoms with Gasteiger partial charge in [0.1, 0.15) is 23.2 Å². The van der Waals surface area contributed by atoms with E-state index in [4.69, 9.17) is 14.2 Å². The molecule has 0 aliphatic carbocycles. The molecule has 2 aromatic rings. The van der Waals surface area contributed by atoms with Gasteiger partial charge in [0, 0.05) is 24.9 Å². The fraction of sp³-hybridized carbons (Fsp3) is 0.364. The number of nitrogens with one attached hydrogen (secondary N) is 2. The van der Waals surface area contributed by atoms with Crippen molar-refractivity contribution >= 4 is 23.7 Å². The van der Waals surface area contributed by atoms with E-state index in [-0.39, 0.29) is 17.2 Å². The minimum absolute atomic E-state index is 0.227. The third kappa shape index (κ3) is 6.34. The van der Waals surface area contributed by atoms with Crippen molar-refractivity contribution in [3.63, 3.8) is 0 Å². The molecule has 1 heterocycles. The Hall–Kier alpha value is -3.82. The van der Waals surface area contributed by atoms with E-state index >= 15 is 0 Å². The van der Waals surface area contributed by atoms with Gasteiger partial charge >= 0.3 is 5.97 Å². The van der Waals surface area contributed by atoms with Crippen LogP contribution in [0.5, 0.6) is 11.5 Å². The SMILES string of the molecule is COc1cc(OC)cc(C(=O)N[C@H](C(=O)OCC(=O)NC(=O)c2cccn2C)C(C)C)c1. The van der Waals surface area contributed by atoms with E-state index in [2.05, 4.69) is 10.6 Å². The minimum atomic E-state index is -1.02. The maximum absolute atomic E-state index is 12.7. The molecule has 3 amide bonds. The first-order valence-corrected chi connectivity index (χ1v) is 9.82. The second-order valence-electron chi connectivity index (χ2n) is 7.29. The molecule has 10 heteroatoms. The molecule has 0 radical (unpaired) electrons. The third-order valence-corrected chi connectivity index (χ3v) is 4.60. The monoisotopic (exact) mass is 445 g/mol. The van der Waals surface area contributed by atoms with Gasteiger partial charge in [-0.2, -0.15) is 0 Å². The van der Waals surface area contributed by atoms with Crippen molar-refractivity contribution in [1.29, 1.82) is 0 Å². The number of aromatic nitrogens is 1. The van der Waals surface area contributed by atoms with Crippen LogP contribution in [0.1, 0.15) is 34.7 Å². The van der Waals surface area contributed by atoms with Gasteiger partial charge in [-0.25, -0.2) is 4.79 Å². The van der Waals surface area contributed by atoms with E-state index < -0.39 is 36.3 Å². The Kier molecular flexibility index (Phi) is 8.39. The van der Waals surface area contributed by atoms with Crippen LogP contribution in [0, 0.1) is 5.92 Å². The Labute approximate surface area is 185 Å². The number of rotatable bonds is 9. The predicted octanol–water partition coefficient (Wildman–Crippen LogP) is 1.30. The lowest BCUT2D eigenvalue weighted by molar-refractivity contribution is -0.151. The summed E-state index contributed by atoms with van der Waals surface area (Å²) in [6.07, 6.45) is 1.66. The van der Waals surface area contributed by atoms with Gasteiger partial charge in [-0.3, -0.25) is 19.7 Å². The molecule has 1 aromatic carbocycles. The first-order chi connectivity index (χ1) is 15.2. The zero-order chi connectivity index (χ0) is 23.8. The minimum Gasteiger partial charge on any atom is -0.497 e. The average Bonchev–Trinajstić information content (AvgIpc) is 3.20. The summed E-state index contributed by atoms with van der Waals surface area (Å²) in [7, 11) is 4.57. The standard InChI is InChI=1S/C22H27N3O7/c1-13(2)19(24-20(27)14-9-15(30-4)11-16(10-14)31-5)22(29)32-12-18(26)23-21(28)17-7-6-8-25(17)3/h6-11,13,19H,12H2,1-5H3,(H,24,27)(H,23,26,28)/t19-/m0/s1. The van der Waals surface area contributed by atoms with Crippen molar-refractivity contribution in [2.45, 2.75) is 19.9 Å². The highest BCUT2D eigenvalue weighted by Gasteiger charge is 2.27. The van der Waals surface area contributed by atoms with Crippen LogP contribution in [0.3, 0.4) is 0 Å². The molecule has 0 spiro atoms. The quantitative estimate of drug-likeness (QED) is 0.557. The van der Waals surface area contributed by atoms with Crippen LogP contribution >= 0.6 is 0 Å². The molecule has 1 aromatic heterocycles. The molecule has 0 fully saturated rings. The number of hydrogen-bond donors (Lipinski definition) is 2. The number of imide groups is 1. The summed E-state index contributed by atoms with van der Waals surface area (Å²) in [5.74, 6) is -2.23. The summed E-state index contributed by atoms with van der Waals surface area (Å²) in [4.78, 5) is 49.3. The molecule has 1 atom stereocenters. The van der Waals surface area contributed by atoms with Crippen LogP contribution in [0.2, 0.25) is 0 Å². The smallest absolute Gasteiger partial charge is 0.329 e. The number of hydrogen-bond acceptors (Lipinski definition) is 7. The van der Waals surface area contributed by atoms with Gasteiger partial charge in [0.05, 0.1) is 14.2 Å². The normalized spacial score (nSPS) is 11.4. The molecular weight excluding hydrogens is 418 g/mol. The molecule has 172 valence electrons. The summed E-state index contributed by atoms with van der Waals surface area (Å²) in [5, 5.41) is 4.75. The van der Waals surface area contributed by atoms with Gasteiger partial charge in [0.2, 0.25) is 0 Å². The topological polar surface area (TPSA) is 125 Å². The van der Waals surface area contributed by atoms with Crippen LogP contribution < -0.4 is 20.1 Å². The summed E-state index contributed by atoms with van der Waals surface area (Å²) in [5.41, 5.74) is 0.510. The fourth-order valence-corrected chi connectivity index (χ4v) is 2.81. The van der Waals surface area contributed by atoms with E-state index in [1.807, 2.05) is 0 Å². The molecule has 2 rings (SSSR count). The van der Waals surface area contributed by atoms with Crippen molar-refractivity contribution in [2.75, 3.05) is 20.8 Å². The van der Waals surface area contributed by atoms with Gasteiger partial charge in [-0.15, -0.1) is 0 Å². The number of aryl methyl sites for hydroxylation is 1. The number of ether oxygens (including phenoxy) is 3. The summed E-state index contributed by atoms with van der Waals surface area (Å²) in [6, 6.07) is 6.81. The van der Waals surface area contributed by atoms with Gasteiger partial charge < -0.3 is 24.1 Å². The average molecular weight is 445 g/mol. The van der Waals surface area contributed by atoms with Crippen LogP contribution in [0.25, 0.3) is 0 Å². The third-order valence-electron chi connectivity index (χ3n) is 4.60. The number of carbonyl (C=O) groups excluding carboxylic acids is 4. The molecule has 0 bridgehead atoms. The van der Waals surface area contributed by atoms with Crippen molar-refractivity contribution in [2.24, 2.45) is 13.0 Å². The van der Waals surface area contributed by atoms with Crippen LogP contribution in [-0.2, 0) is 21.4 Å². The first-order valence-electron chi connectivity index (χ1n) is 9.82. The van der Waals surface area contributed by atoms with E-state index in [0.29, 0.717) is 11.5 Å². The van der Waals surface area contributed by atoms with Crippen LogP contribution in [0.4, 0.5) is 0 Å². The van der Waals surface area contributed by atoms with Crippen molar-refractivity contribution in [3.8, 4) is 11.5 Å².